The van der Waals surface area contributed by atoms with E-state index in [0.717, 1.165) is 44.7 Å². The molecular formula is C18H30N2O. The molecule has 0 aromatic heterocycles. The number of aryl methyl sites for hydroxylation is 1. The first kappa shape index (κ1) is 16.5. The third kappa shape index (κ3) is 4.80. The minimum absolute atomic E-state index is 0.271. The number of rotatable bonds is 4. The van der Waals surface area contributed by atoms with E-state index < -0.39 is 0 Å². The fourth-order valence-corrected chi connectivity index (χ4v) is 2.90. The molecule has 1 unspecified atom stereocenters. The van der Waals surface area contributed by atoms with Crippen LogP contribution in [-0.4, -0.2) is 53.2 Å². The van der Waals surface area contributed by atoms with Crippen LogP contribution in [0.5, 0.6) is 0 Å². The van der Waals surface area contributed by atoms with Crippen molar-refractivity contribution in [1.29, 1.82) is 0 Å². The Hall–Kier alpha value is -0.900. The molecule has 3 nitrogen and oxygen atoms in total. The lowest BCUT2D eigenvalue weighted by Gasteiger charge is -2.42. The predicted octanol–water partition coefficient (Wildman–Crippen LogP) is 2.83. The normalized spacial score (nSPS) is 19.7. The minimum atomic E-state index is -0.341. The molecule has 0 saturated carbocycles. The summed E-state index contributed by atoms with van der Waals surface area (Å²) in [5.41, 5.74) is 2.55. The molecule has 2 rings (SSSR count). The summed E-state index contributed by atoms with van der Waals surface area (Å²) in [4.78, 5) is 5.01. The smallest absolute Gasteiger partial charge is 0.0802 e. The van der Waals surface area contributed by atoms with Gasteiger partial charge in [-0.1, -0.05) is 29.8 Å². The van der Waals surface area contributed by atoms with Crippen LogP contribution in [0.3, 0.4) is 0 Å². The number of aliphatic hydroxyl groups is 1. The number of piperazine rings is 1. The molecule has 1 aliphatic rings. The molecule has 1 aromatic rings. The van der Waals surface area contributed by atoms with E-state index in [9.17, 15) is 5.11 Å². The molecule has 21 heavy (non-hydrogen) atoms. The van der Waals surface area contributed by atoms with Gasteiger partial charge >= 0.3 is 0 Å². The van der Waals surface area contributed by atoms with Gasteiger partial charge in [0.1, 0.15) is 0 Å². The minimum Gasteiger partial charge on any atom is -0.388 e. The van der Waals surface area contributed by atoms with Crippen molar-refractivity contribution in [3.8, 4) is 0 Å². The molecule has 0 amide bonds. The highest BCUT2D eigenvalue weighted by molar-refractivity contribution is 5.23. The Labute approximate surface area is 129 Å². The van der Waals surface area contributed by atoms with Crippen LogP contribution in [-0.2, 0) is 0 Å². The molecule has 1 saturated heterocycles. The van der Waals surface area contributed by atoms with Crippen molar-refractivity contribution in [2.75, 3.05) is 32.7 Å². The fraction of sp³-hybridized carbons (Fsp3) is 0.667. The van der Waals surface area contributed by atoms with Gasteiger partial charge in [0.05, 0.1) is 6.10 Å². The van der Waals surface area contributed by atoms with Crippen molar-refractivity contribution in [2.24, 2.45) is 0 Å². The first-order chi connectivity index (χ1) is 9.86. The maximum Gasteiger partial charge on any atom is 0.0802 e. The summed E-state index contributed by atoms with van der Waals surface area (Å²) in [7, 11) is 0. The lowest BCUT2D eigenvalue weighted by Crippen LogP contribution is -2.53. The summed E-state index contributed by atoms with van der Waals surface area (Å²) in [5.74, 6) is 0. The molecule has 0 bridgehead atoms. The molecule has 0 aliphatic carbocycles. The third-order valence-electron chi connectivity index (χ3n) is 4.50. The van der Waals surface area contributed by atoms with E-state index in [0.29, 0.717) is 0 Å². The molecule has 1 N–H and O–H groups in total. The van der Waals surface area contributed by atoms with Gasteiger partial charge < -0.3 is 10.0 Å². The number of benzene rings is 1. The third-order valence-corrected chi connectivity index (χ3v) is 4.50. The second-order valence-electron chi connectivity index (χ2n) is 7.21. The van der Waals surface area contributed by atoms with Gasteiger partial charge in [0.25, 0.3) is 0 Å². The maximum absolute atomic E-state index is 10.3. The molecule has 118 valence electrons. The zero-order valence-electron chi connectivity index (χ0n) is 14.0. The molecular weight excluding hydrogens is 260 g/mol. The first-order valence-corrected chi connectivity index (χ1v) is 8.08. The van der Waals surface area contributed by atoms with Crippen LogP contribution in [0.25, 0.3) is 0 Å². The highest BCUT2D eigenvalue weighted by atomic mass is 16.3. The number of aliphatic hydroxyl groups excluding tert-OH is 1. The van der Waals surface area contributed by atoms with Crippen LogP contribution in [0.1, 0.15) is 44.4 Å². The van der Waals surface area contributed by atoms with Gasteiger partial charge in [0.15, 0.2) is 0 Å². The van der Waals surface area contributed by atoms with Crippen LogP contribution in [0.15, 0.2) is 24.3 Å². The average molecular weight is 290 g/mol. The summed E-state index contributed by atoms with van der Waals surface area (Å²) in [6, 6.07) is 8.22. The molecule has 1 heterocycles. The Kier molecular flexibility index (Phi) is 5.42. The zero-order chi connectivity index (χ0) is 15.5. The summed E-state index contributed by atoms with van der Waals surface area (Å²) in [6.07, 6.45) is 0.477. The molecule has 0 radical (unpaired) electrons. The van der Waals surface area contributed by atoms with E-state index in [2.05, 4.69) is 49.6 Å². The monoisotopic (exact) mass is 290 g/mol. The van der Waals surface area contributed by atoms with E-state index in [1.54, 1.807) is 0 Å². The van der Waals surface area contributed by atoms with Gasteiger partial charge in [-0.2, -0.15) is 0 Å². The Morgan fingerprint density at radius 3 is 2.14 bits per heavy atom. The molecule has 3 heteroatoms. The van der Waals surface area contributed by atoms with Crippen molar-refractivity contribution >= 4 is 0 Å². The molecule has 1 aromatic carbocycles. The fourth-order valence-electron chi connectivity index (χ4n) is 2.90. The van der Waals surface area contributed by atoms with Crippen molar-refractivity contribution in [3.63, 3.8) is 0 Å². The lowest BCUT2D eigenvalue weighted by atomic mass is 10.0. The second kappa shape index (κ2) is 6.91. The van der Waals surface area contributed by atoms with Crippen LogP contribution in [0.2, 0.25) is 0 Å². The summed E-state index contributed by atoms with van der Waals surface area (Å²) in [6.45, 7) is 14.4. The topological polar surface area (TPSA) is 26.7 Å². The first-order valence-electron chi connectivity index (χ1n) is 8.08. The van der Waals surface area contributed by atoms with Gasteiger partial charge in [-0.25, -0.2) is 0 Å². The highest BCUT2D eigenvalue weighted by Crippen LogP contribution is 2.19. The van der Waals surface area contributed by atoms with Gasteiger partial charge in [0.2, 0.25) is 0 Å². The standard InChI is InChI=1S/C18H30N2O/c1-15-5-7-16(8-6-15)17(21)9-10-19-11-13-20(14-12-19)18(2,3)4/h5-8,17,21H,9-14H2,1-4H3. The van der Waals surface area contributed by atoms with Gasteiger partial charge in [-0.3, -0.25) is 4.90 Å². The van der Waals surface area contributed by atoms with E-state index in [1.807, 2.05) is 12.1 Å². The van der Waals surface area contributed by atoms with Gasteiger partial charge in [-0.15, -0.1) is 0 Å². The van der Waals surface area contributed by atoms with E-state index >= 15 is 0 Å². The van der Waals surface area contributed by atoms with Crippen LogP contribution in [0.4, 0.5) is 0 Å². The van der Waals surface area contributed by atoms with Crippen LogP contribution in [0, 0.1) is 6.92 Å². The van der Waals surface area contributed by atoms with Gasteiger partial charge in [-0.05, 0) is 39.7 Å². The van der Waals surface area contributed by atoms with Crippen molar-refractivity contribution in [3.05, 3.63) is 35.4 Å². The summed E-state index contributed by atoms with van der Waals surface area (Å²) in [5, 5.41) is 10.3. The summed E-state index contributed by atoms with van der Waals surface area (Å²) >= 11 is 0. The largest absolute Gasteiger partial charge is 0.388 e. The zero-order valence-corrected chi connectivity index (χ0v) is 14.0. The second-order valence-corrected chi connectivity index (χ2v) is 7.21. The number of hydrogen-bond acceptors (Lipinski definition) is 3. The molecule has 0 spiro atoms. The number of nitrogens with zero attached hydrogens (tertiary/aromatic N) is 2. The predicted molar refractivity (Wildman–Crippen MR) is 88.5 cm³/mol. The van der Waals surface area contributed by atoms with Crippen molar-refractivity contribution in [1.82, 2.24) is 9.80 Å². The number of hydrogen-bond donors (Lipinski definition) is 1. The van der Waals surface area contributed by atoms with Crippen LogP contribution >= 0.6 is 0 Å². The SMILES string of the molecule is Cc1ccc(C(O)CCN2CCN(C(C)(C)C)CC2)cc1. The van der Waals surface area contributed by atoms with E-state index in [-0.39, 0.29) is 11.6 Å². The molecule has 1 aliphatic heterocycles. The van der Waals surface area contributed by atoms with Crippen molar-refractivity contribution in [2.45, 2.75) is 45.8 Å². The van der Waals surface area contributed by atoms with E-state index in [4.69, 9.17) is 0 Å². The van der Waals surface area contributed by atoms with E-state index in [1.165, 1.54) is 5.56 Å². The summed E-state index contributed by atoms with van der Waals surface area (Å²) < 4.78 is 0. The Morgan fingerprint density at radius 2 is 1.62 bits per heavy atom. The Morgan fingerprint density at radius 1 is 1.05 bits per heavy atom. The van der Waals surface area contributed by atoms with Crippen LogP contribution < -0.4 is 0 Å². The molecule has 1 atom stereocenters. The van der Waals surface area contributed by atoms with Crippen molar-refractivity contribution < 1.29 is 5.11 Å². The molecule has 1 fully saturated rings. The lowest BCUT2D eigenvalue weighted by molar-refractivity contribution is 0.0533. The maximum atomic E-state index is 10.3. The Bertz CT molecular complexity index is 428. The van der Waals surface area contributed by atoms with Gasteiger partial charge in [0, 0.05) is 38.3 Å². The quantitative estimate of drug-likeness (QED) is 0.924. The Balaban J connectivity index is 1.76. The highest BCUT2D eigenvalue weighted by Gasteiger charge is 2.25. The average Bonchev–Trinajstić information content (AvgIpc) is 2.45.